The van der Waals surface area contributed by atoms with E-state index in [1.54, 1.807) is 6.07 Å². The molecule has 0 bridgehead atoms. The molecular weight excluding hydrogens is 495 g/mol. The molecular formula is C23H21IN2O2S. The van der Waals surface area contributed by atoms with E-state index in [0.717, 1.165) is 27.0 Å². The maximum atomic E-state index is 12.3. The van der Waals surface area contributed by atoms with Gasteiger partial charge in [0.15, 0.2) is 5.11 Å². The highest BCUT2D eigenvalue weighted by Crippen LogP contribution is 2.17. The number of carbonyl (C=O) groups excluding carboxylic acids is 1. The number of halogens is 1. The van der Waals surface area contributed by atoms with Gasteiger partial charge in [-0.05, 0) is 89.3 Å². The third-order valence-corrected chi connectivity index (χ3v) is 5.64. The Hall–Kier alpha value is -2.45. The molecule has 0 saturated heterocycles. The van der Waals surface area contributed by atoms with Crippen LogP contribution in [0.3, 0.4) is 0 Å². The first kappa shape index (κ1) is 21.3. The van der Waals surface area contributed by atoms with Gasteiger partial charge in [0, 0.05) is 21.2 Å². The fraction of sp³-hybridized carbons (Fsp3) is 0.130. The van der Waals surface area contributed by atoms with Crippen molar-refractivity contribution in [1.29, 1.82) is 0 Å². The van der Waals surface area contributed by atoms with Crippen LogP contribution in [-0.4, -0.2) is 17.6 Å². The highest BCUT2D eigenvalue weighted by atomic mass is 127. The quantitative estimate of drug-likeness (QED) is 0.343. The summed E-state index contributed by atoms with van der Waals surface area (Å²) in [7, 11) is 0. The summed E-state index contributed by atoms with van der Waals surface area (Å²) in [4.78, 5) is 12.3. The first-order valence-electron chi connectivity index (χ1n) is 9.16. The molecule has 0 unspecified atom stereocenters. The molecule has 0 radical (unpaired) electrons. The second-order valence-corrected chi connectivity index (χ2v) is 8.05. The van der Waals surface area contributed by atoms with E-state index in [1.165, 1.54) is 5.56 Å². The van der Waals surface area contributed by atoms with Crippen molar-refractivity contribution >= 4 is 51.5 Å². The molecule has 0 spiro atoms. The number of carbonyl (C=O) groups is 1. The lowest BCUT2D eigenvalue weighted by Crippen LogP contribution is -2.34. The highest BCUT2D eigenvalue weighted by molar-refractivity contribution is 14.1. The third-order valence-electron chi connectivity index (χ3n) is 4.28. The van der Waals surface area contributed by atoms with Crippen molar-refractivity contribution in [3.8, 4) is 5.75 Å². The van der Waals surface area contributed by atoms with E-state index in [9.17, 15) is 4.79 Å². The van der Waals surface area contributed by atoms with Gasteiger partial charge in [-0.2, -0.15) is 0 Å². The van der Waals surface area contributed by atoms with Gasteiger partial charge in [0.25, 0.3) is 5.91 Å². The zero-order valence-electron chi connectivity index (χ0n) is 15.9. The number of anilines is 1. The number of nitrogens with one attached hydrogen (secondary N) is 2. The normalized spacial score (nSPS) is 10.3. The van der Waals surface area contributed by atoms with E-state index in [0.29, 0.717) is 12.2 Å². The van der Waals surface area contributed by atoms with Crippen LogP contribution < -0.4 is 15.4 Å². The van der Waals surface area contributed by atoms with Gasteiger partial charge < -0.3 is 10.1 Å². The summed E-state index contributed by atoms with van der Waals surface area (Å²) in [6.45, 7) is 2.62. The van der Waals surface area contributed by atoms with Crippen LogP contribution >= 0.6 is 34.8 Å². The molecule has 0 aliphatic heterocycles. The lowest BCUT2D eigenvalue weighted by Gasteiger charge is -2.11. The number of ether oxygens (including phenoxy) is 1. The third kappa shape index (κ3) is 6.54. The Morgan fingerprint density at radius 1 is 1.03 bits per heavy atom. The van der Waals surface area contributed by atoms with Crippen LogP contribution in [0.4, 0.5) is 5.69 Å². The molecule has 3 rings (SSSR count). The topological polar surface area (TPSA) is 50.4 Å². The fourth-order valence-corrected chi connectivity index (χ4v) is 3.36. The van der Waals surface area contributed by atoms with Crippen LogP contribution in [0, 0.1) is 10.5 Å². The van der Waals surface area contributed by atoms with E-state index >= 15 is 0 Å². The standard InChI is InChI=1S/C23H21IN2O2S/c1-16-7-8-18(15-21(16)24)22(27)26-23(29)25-19-9-11-20(12-10-19)28-14-13-17-5-3-2-4-6-17/h2-12,15H,13-14H2,1H3,(H2,25,26,27,29). The van der Waals surface area contributed by atoms with Gasteiger partial charge >= 0.3 is 0 Å². The molecule has 0 saturated carbocycles. The average Bonchev–Trinajstić information content (AvgIpc) is 2.72. The Morgan fingerprint density at radius 3 is 2.45 bits per heavy atom. The first-order valence-corrected chi connectivity index (χ1v) is 10.7. The van der Waals surface area contributed by atoms with Crippen molar-refractivity contribution < 1.29 is 9.53 Å². The van der Waals surface area contributed by atoms with Gasteiger partial charge in [0.1, 0.15) is 5.75 Å². The van der Waals surface area contributed by atoms with Gasteiger partial charge in [0.05, 0.1) is 6.61 Å². The van der Waals surface area contributed by atoms with E-state index in [-0.39, 0.29) is 11.0 Å². The molecule has 4 nitrogen and oxygen atoms in total. The zero-order valence-corrected chi connectivity index (χ0v) is 18.9. The number of amides is 1. The highest BCUT2D eigenvalue weighted by Gasteiger charge is 2.09. The molecule has 2 N–H and O–H groups in total. The molecule has 0 heterocycles. The van der Waals surface area contributed by atoms with Gasteiger partial charge in [-0.15, -0.1) is 0 Å². The van der Waals surface area contributed by atoms with Crippen LogP contribution in [0.15, 0.2) is 72.8 Å². The Labute approximate surface area is 189 Å². The molecule has 148 valence electrons. The van der Waals surface area contributed by atoms with E-state index in [2.05, 4.69) is 45.4 Å². The molecule has 1 amide bonds. The summed E-state index contributed by atoms with van der Waals surface area (Å²) in [5.74, 6) is 0.553. The minimum Gasteiger partial charge on any atom is -0.493 e. The number of thiocarbonyl (C=S) groups is 1. The maximum Gasteiger partial charge on any atom is 0.257 e. The van der Waals surface area contributed by atoms with Gasteiger partial charge in [-0.3, -0.25) is 10.1 Å². The number of hydrogen-bond donors (Lipinski definition) is 2. The summed E-state index contributed by atoms with van der Waals surface area (Å²) in [5, 5.41) is 5.98. The van der Waals surface area contributed by atoms with Crippen LogP contribution in [0.25, 0.3) is 0 Å². The minimum absolute atomic E-state index is 0.235. The Morgan fingerprint density at radius 2 is 1.76 bits per heavy atom. The lowest BCUT2D eigenvalue weighted by atomic mass is 10.1. The molecule has 0 aliphatic rings. The number of aryl methyl sites for hydroxylation is 1. The smallest absolute Gasteiger partial charge is 0.257 e. The van der Waals surface area contributed by atoms with Crippen molar-refractivity contribution in [3.63, 3.8) is 0 Å². The molecule has 3 aromatic rings. The molecule has 29 heavy (non-hydrogen) atoms. The molecule has 3 aromatic carbocycles. The predicted molar refractivity (Wildman–Crippen MR) is 130 cm³/mol. The molecule has 0 aromatic heterocycles. The van der Waals surface area contributed by atoms with Gasteiger partial charge in [-0.1, -0.05) is 36.4 Å². The monoisotopic (exact) mass is 516 g/mol. The van der Waals surface area contributed by atoms with Crippen LogP contribution in [-0.2, 0) is 6.42 Å². The molecule has 6 heteroatoms. The second kappa shape index (κ2) is 10.4. The van der Waals surface area contributed by atoms with Crippen LogP contribution in [0.1, 0.15) is 21.5 Å². The lowest BCUT2D eigenvalue weighted by molar-refractivity contribution is 0.0977. The predicted octanol–water partition coefficient (Wildman–Crippen LogP) is 5.35. The number of hydrogen-bond acceptors (Lipinski definition) is 3. The zero-order chi connectivity index (χ0) is 20.6. The van der Waals surface area contributed by atoms with Gasteiger partial charge in [-0.25, -0.2) is 0 Å². The van der Waals surface area contributed by atoms with Crippen molar-refractivity contribution in [2.75, 3.05) is 11.9 Å². The maximum absolute atomic E-state index is 12.3. The first-order chi connectivity index (χ1) is 14.0. The van der Waals surface area contributed by atoms with E-state index in [4.69, 9.17) is 17.0 Å². The van der Waals surface area contributed by atoms with Crippen molar-refractivity contribution in [2.24, 2.45) is 0 Å². The van der Waals surface area contributed by atoms with Gasteiger partial charge in [0.2, 0.25) is 0 Å². The fourth-order valence-electron chi connectivity index (χ4n) is 2.64. The van der Waals surface area contributed by atoms with E-state index < -0.39 is 0 Å². The largest absolute Gasteiger partial charge is 0.493 e. The summed E-state index contributed by atoms with van der Waals surface area (Å²) in [6, 6.07) is 23.3. The Bertz CT molecular complexity index is 992. The summed E-state index contributed by atoms with van der Waals surface area (Å²) >= 11 is 7.46. The number of rotatable bonds is 6. The van der Waals surface area contributed by atoms with Crippen molar-refractivity contribution in [2.45, 2.75) is 13.3 Å². The van der Waals surface area contributed by atoms with E-state index in [1.807, 2.05) is 61.5 Å². The molecule has 0 atom stereocenters. The second-order valence-electron chi connectivity index (χ2n) is 6.48. The average molecular weight is 516 g/mol. The summed E-state index contributed by atoms with van der Waals surface area (Å²) in [6.07, 6.45) is 0.856. The number of benzene rings is 3. The van der Waals surface area contributed by atoms with Crippen molar-refractivity contribution in [1.82, 2.24) is 5.32 Å². The molecule has 0 fully saturated rings. The SMILES string of the molecule is Cc1ccc(C(=O)NC(=S)Nc2ccc(OCCc3ccccc3)cc2)cc1I. The Kier molecular flexibility index (Phi) is 7.60. The van der Waals surface area contributed by atoms with Crippen LogP contribution in [0.5, 0.6) is 5.75 Å². The summed E-state index contributed by atoms with van der Waals surface area (Å²) in [5.41, 5.74) is 3.74. The Balaban J connectivity index is 1.47. The van der Waals surface area contributed by atoms with Crippen molar-refractivity contribution in [3.05, 3.63) is 93.1 Å². The molecule has 0 aliphatic carbocycles. The minimum atomic E-state index is -0.235. The summed E-state index contributed by atoms with van der Waals surface area (Å²) < 4.78 is 6.82. The van der Waals surface area contributed by atoms with Crippen LogP contribution in [0.2, 0.25) is 0 Å².